The van der Waals surface area contributed by atoms with Gasteiger partial charge in [0.15, 0.2) is 0 Å². The van der Waals surface area contributed by atoms with Crippen LogP contribution in [0.1, 0.15) is 29.7 Å². The van der Waals surface area contributed by atoms with Crippen molar-refractivity contribution in [2.45, 2.75) is 38.0 Å². The van der Waals surface area contributed by atoms with Crippen LogP contribution in [-0.4, -0.2) is 41.6 Å². The largest absolute Gasteiger partial charge is 0.433 e. The number of halogens is 4. The number of fused-ring (bicyclic) bond motifs is 1. The number of aromatic nitrogens is 1. The molecule has 1 aromatic heterocycles. The van der Waals surface area contributed by atoms with E-state index in [4.69, 9.17) is 11.6 Å². The Bertz CT molecular complexity index is 919. The molecule has 4 rings (SSSR count). The van der Waals surface area contributed by atoms with Crippen molar-refractivity contribution in [2.75, 3.05) is 24.5 Å². The van der Waals surface area contributed by atoms with E-state index in [0.717, 1.165) is 48.7 Å². The maximum Gasteiger partial charge on any atom is 0.433 e. The highest BCUT2D eigenvalue weighted by Gasteiger charge is 2.32. The van der Waals surface area contributed by atoms with E-state index in [2.05, 4.69) is 15.2 Å². The van der Waals surface area contributed by atoms with E-state index in [1.807, 2.05) is 12.1 Å². The molecule has 5 nitrogen and oxygen atoms in total. The Balaban J connectivity index is 1.34. The second-order valence-electron chi connectivity index (χ2n) is 7.75. The lowest BCUT2D eigenvalue weighted by atomic mass is 10.1. The lowest BCUT2D eigenvalue weighted by molar-refractivity contribution is -0.141. The molecule has 30 heavy (non-hydrogen) atoms. The van der Waals surface area contributed by atoms with Crippen LogP contribution in [0.5, 0.6) is 0 Å². The van der Waals surface area contributed by atoms with E-state index >= 15 is 0 Å². The van der Waals surface area contributed by atoms with Crippen molar-refractivity contribution in [3.8, 4) is 0 Å². The Labute approximate surface area is 177 Å². The monoisotopic (exact) mass is 438 g/mol. The van der Waals surface area contributed by atoms with Gasteiger partial charge in [-0.25, -0.2) is 4.79 Å². The zero-order valence-electron chi connectivity index (χ0n) is 16.3. The first kappa shape index (κ1) is 20.9. The summed E-state index contributed by atoms with van der Waals surface area (Å²) >= 11 is 6.03. The number of hydrogen-bond donors (Lipinski definition) is 1. The molecule has 0 saturated carbocycles. The predicted molar refractivity (Wildman–Crippen MR) is 109 cm³/mol. The Hall–Kier alpha value is -2.32. The van der Waals surface area contributed by atoms with Gasteiger partial charge in [0, 0.05) is 42.6 Å². The summed E-state index contributed by atoms with van der Waals surface area (Å²) in [6, 6.07) is 7.88. The average Bonchev–Trinajstić information content (AvgIpc) is 3.11. The molecule has 1 aromatic carbocycles. The Morgan fingerprint density at radius 2 is 2.07 bits per heavy atom. The smallest absolute Gasteiger partial charge is 0.334 e. The van der Waals surface area contributed by atoms with Crippen LogP contribution in [-0.2, 0) is 19.1 Å². The summed E-state index contributed by atoms with van der Waals surface area (Å²) in [6.07, 6.45) is -0.600. The van der Waals surface area contributed by atoms with Crippen LogP contribution in [0.15, 0.2) is 36.5 Å². The normalized spacial score (nSPS) is 19.6. The second kappa shape index (κ2) is 8.43. The first-order valence-electron chi connectivity index (χ1n) is 9.90. The van der Waals surface area contributed by atoms with Gasteiger partial charge in [0.05, 0.1) is 0 Å². The van der Waals surface area contributed by atoms with E-state index in [-0.39, 0.29) is 12.1 Å². The zero-order chi connectivity index (χ0) is 21.3. The van der Waals surface area contributed by atoms with E-state index in [9.17, 15) is 18.0 Å². The van der Waals surface area contributed by atoms with E-state index in [0.29, 0.717) is 24.7 Å². The molecule has 0 aliphatic carbocycles. The lowest BCUT2D eigenvalue weighted by Gasteiger charge is -2.34. The van der Waals surface area contributed by atoms with Crippen LogP contribution in [0.3, 0.4) is 0 Å². The number of urea groups is 1. The Morgan fingerprint density at radius 3 is 2.80 bits per heavy atom. The van der Waals surface area contributed by atoms with Crippen LogP contribution in [0.4, 0.5) is 23.7 Å². The van der Waals surface area contributed by atoms with Crippen LogP contribution in [0.25, 0.3) is 0 Å². The lowest BCUT2D eigenvalue weighted by Crippen LogP contribution is -2.51. The number of carbonyl (C=O) groups excluding carboxylic acids is 1. The second-order valence-corrected chi connectivity index (χ2v) is 8.18. The number of benzene rings is 1. The Morgan fingerprint density at radius 1 is 1.23 bits per heavy atom. The molecule has 9 heteroatoms. The number of carbonyl (C=O) groups is 1. The molecule has 2 aliphatic rings. The molecule has 1 saturated heterocycles. The van der Waals surface area contributed by atoms with Gasteiger partial charge in [-0.15, -0.1) is 0 Å². The average molecular weight is 439 g/mol. The predicted octanol–water partition coefficient (Wildman–Crippen LogP) is 4.49. The topological polar surface area (TPSA) is 48.5 Å². The highest BCUT2D eigenvalue weighted by molar-refractivity contribution is 6.30. The molecule has 2 amide bonds. The van der Waals surface area contributed by atoms with Gasteiger partial charge in [-0.05, 0) is 61.2 Å². The Kier molecular flexibility index (Phi) is 5.88. The van der Waals surface area contributed by atoms with E-state index < -0.39 is 11.9 Å². The van der Waals surface area contributed by atoms with Crippen LogP contribution >= 0.6 is 11.6 Å². The van der Waals surface area contributed by atoms with Gasteiger partial charge in [-0.3, -0.25) is 14.8 Å². The highest BCUT2D eigenvalue weighted by Crippen LogP contribution is 2.31. The fourth-order valence-corrected chi connectivity index (χ4v) is 4.29. The van der Waals surface area contributed by atoms with Crippen molar-refractivity contribution in [1.29, 1.82) is 0 Å². The third-order valence-corrected chi connectivity index (χ3v) is 5.77. The number of alkyl halides is 3. The fourth-order valence-electron chi connectivity index (χ4n) is 4.09. The van der Waals surface area contributed by atoms with Crippen molar-refractivity contribution in [1.82, 2.24) is 15.2 Å². The minimum absolute atomic E-state index is 0.00925. The first-order valence-corrected chi connectivity index (χ1v) is 10.3. The molecule has 0 bridgehead atoms. The quantitative estimate of drug-likeness (QED) is 0.768. The van der Waals surface area contributed by atoms with Crippen molar-refractivity contribution in [3.63, 3.8) is 0 Å². The number of anilines is 1. The minimum atomic E-state index is -4.43. The molecule has 0 spiro atoms. The molecule has 3 heterocycles. The molecule has 0 radical (unpaired) electrons. The maximum atomic E-state index is 12.8. The van der Waals surface area contributed by atoms with Crippen LogP contribution < -0.4 is 10.2 Å². The molecule has 1 atom stereocenters. The molecule has 1 unspecified atom stereocenters. The summed E-state index contributed by atoms with van der Waals surface area (Å²) in [5.41, 5.74) is 1.79. The number of rotatable bonds is 3. The molecule has 2 aromatic rings. The van der Waals surface area contributed by atoms with Gasteiger partial charge in [0.25, 0.3) is 0 Å². The first-order chi connectivity index (χ1) is 14.3. The van der Waals surface area contributed by atoms with E-state index in [1.165, 1.54) is 12.3 Å². The zero-order valence-corrected chi connectivity index (χ0v) is 17.0. The molecule has 1 fully saturated rings. The third-order valence-electron chi connectivity index (χ3n) is 5.54. The van der Waals surface area contributed by atoms with Gasteiger partial charge < -0.3 is 5.32 Å². The number of piperidine rings is 1. The number of pyridine rings is 1. The standard InChI is InChI=1S/C21H22ClF3N4O/c22-16-4-5-18-15(10-16)7-9-29(18)20(30)27-17-2-1-8-28(13-17)12-14-3-6-19(26-11-14)21(23,24)25/h3-6,10-11,17H,1-2,7-9,12-13H2,(H,27,30). The number of hydrogen-bond acceptors (Lipinski definition) is 3. The maximum absolute atomic E-state index is 12.8. The van der Waals surface area contributed by atoms with Gasteiger partial charge in [0.1, 0.15) is 5.69 Å². The van der Waals surface area contributed by atoms with Crippen molar-refractivity contribution in [3.05, 3.63) is 58.4 Å². The number of nitrogens with zero attached hydrogens (tertiary/aromatic N) is 3. The summed E-state index contributed by atoms with van der Waals surface area (Å²) in [6.45, 7) is 2.60. The number of nitrogens with one attached hydrogen (secondary N) is 1. The SMILES string of the molecule is O=C(NC1CCCN(Cc2ccc(C(F)(F)F)nc2)C1)N1CCc2cc(Cl)ccc21. The molecule has 160 valence electrons. The summed E-state index contributed by atoms with van der Waals surface area (Å²) in [5, 5.41) is 3.77. The van der Waals surface area contributed by atoms with Gasteiger partial charge in [-0.2, -0.15) is 13.2 Å². The summed E-state index contributed by atoms with van der Waals surface area (Å²) in [4.78, 5) is 20.2. The van der Waals surface area contributed by atoms with Gasteiger partial charge in [-0.1, -0.05) is 17.7 Å². The summed E-state index contributed by atoms with van der Waals surface area (Å²) < 4.78 is 38.0. The minimum Gasteiger partial charge on any atom is -0.334 e. The van der Waals surface area contributed by atoms with Gasteiger partial charge in [0.2, 0.25) is 0 Å². The van der Waals surface area contributed by atoms with Crippen molar-refractivity contribution >= 4 is 23.3 Å². The van der Waals surface area contributed by atoms with Crippen LogP contribution in [0.2, 0.25) is 5.02 Å². The van der Waals surface area contributed by atoms with Gasteiger partial charge >= 0.3 is 12.2 Å². The van der Waals surface area contributed by atoms with E-state index in [1.54, 1.807) is 11.0 Å². The molecular formula is C21H22ClF3N4O. The summed E-state index contributed by atoms with van der Waals surface area (Å²) in [7, 11) is 0. The van der Waals surface area contributed by atoms with Crippen LogP contribution in [0, 0.1) is 0 Å². The molecule has 2 aliphatic heterocycles. The number of amides is 2. The summed E-state index contributed by atoms with van der Waals surface area (Å²) in [5.74, 6) is 0. The third kappa shape index (κ3) is 4.70. The number of likely N-dealkylation sites (tertiary alicyclic amines) is 1. The fraction of sp³-hybridized carbons (Fsp3) is 0.429. The van der Waals surface area contributed by atoms with Crippen molar-refractivity contribution in [2.24, 2.45) is 0 Å². The highest BCUT2D eigenvalue weighted by atomic mass is 35.5. The molecular weight excluding hydrogens is 417 g/mol. The van der Waals surface area contributed by atoms with Crippen molar-refractivity contribution < 1.29 is 18.0 Å². The molecule has 1 N–H and O–H groups in total.